The van der Waals surface area contributed by atoms with Crippen molar-refractivity contribution in [1.82, 2.24) is 5.32 Å². The lowest BCUT2D eigenvalue weighted by atomic mass is 9.93. The van der Waals surface area contributed by atoms with Crippen molar-refractivity contribution in [1.29, 1.82) is 0 Å². The molecule has 0 atom stereocenters. The molecule has 0 saturated carbocycles. The van der Waals surface area contributed by atoms with E-state index in [2.05, 4.69) is 17.1 Å². The smallest absolute Gasteiger partial charge is 0.0711 e. The Morgan fingerprint density at radius 3 is 2.75 bits per heavy atom. The van der Waals surface area contributed by atoms with Crippen molar-refractivity contribution in [3.8, 4) is 0 Å². The van der Waals surface area contributed by atoms with Gasteiger partial charge >= 0.3 is 0 Å². The third-order valence-corrected chi connectivity index (χ3v) is 3.83. The van der Waals surface area contributed by atoms with Crippen LogP contribution >= 0.6 is 11.8 Å². The minimum Gasteiger partial charge on any atom is -0.374 e. The molecule has 2 rings (SSSR count). The van der Waals surface area contributed by atoms with E-state index in [1.54, 1.807) is 0 Å². The minimum absolute atomic E-state index is 0.259. The van der Waals surface area contributed by atoms with Crippen molar-refractivity contribution < 1.29 is 4.74 Å². The van der Waals surface area contributed by atoms with Gasteiger partial charge in [-0.1, -0.05) is 0 Å². The molecule has 12 heavy (non-hydrogen) atoms. The van der Waals surface area contributed by atoms with Crippen LogP contribution in [0.2, 0.25) is 0 Å². The molecule has 0 amide bonds. The van der Waals surface area contributed by atoms with Gasteiger partial charge in [-0.25, -0.2) is 0 Å². The van der Waals surface area contributed by atoms with Crippen LogP contribution in [0.1, 0.15) is 19.3 Å². The van der Waals surface area contributed by atoms with E-state index in [0.29, 0.717) is 0 Å². The molecule has 0 aromatic rings. The number of hydrogen-bond acceptors (Lipinski definition) is 3. The van der Waals surface area contributed by atoms with Gasteiger partial charge in [-0.2, -0.15) is 11.8 Å². The lowest BCUT2D eigenvalue weighted by molar-refractivity contribution is -0.0435. The molecule has 0 aromatic carbocycles. The Morgan fingerprint density at radius 2 is 1.92 bits per heavy atom. The van der Waals surface area contributed by atoms with E-state index in [1.165, 1.54) is 30.8 Å². The van der Waals surface area contributed by atoms with Gasteiger partial charge in [0.15, 0.2) is 0 Å². The summed E-state index contributed by atoms with van der Waals surface area (Å²) in [6, 6.07) is 0. The van der Waals surface area contributed by atoms with Crippen molar-refractivity contribution in [2.24, 2.45) is 0 Å². The van der Waals surface area contributed by atoms with E-state index < -0.39 is 0 Å². The molecule has 2 nitrogen and oxygen atoms in total. The van der Waals surface area contributed by atoms with Gasteiger partial charge in [-0.15, -0.1) is 0 Å². The highest BCUT2D eigenvalue weighted by atomic mass is 32.2. The summed E-state index contributed by atoms with van der Waals surface area (Å²) in [6.07, 6.45) is 3.74. The Bertz CT molecular complexity index is 135. The molecule has 2 fully saturated rings. The zero-order chi connectivity index (χ0) is 8.28. The van der Waals surface area contributed by atoms with E-state index in [1.807, 2.05) is 0 Å². The molecular formula is C9H17NOS. The maximum absolute atomic E-state index is 5.96. The van der Waals surface area contributed by atoms with Crippen LogP contribution in [0.5, 0.6) is 0 Å². The van der Waals surface area contributed by atoms with E-state index >= 15 is 0 Å². The molecule has 0 unspecified atom stereocenters. The van der Waals surface area contributed by atoms with Crippen molar-refractivity contribution in [2.75, 3.05) is 31.2 Å². The number of ether oxygens (including phenoxy) is 1. The summed E-state index contributed by atoms with van der Waals surface area (Å²) in [4.78, 5) is 0. The van der Waals surface area contributed by atoms with Gasteiger partial charge in [-0.3, -0.25) is 0 Å². The third kappa shape index (κ3) is 1.95. The average molecular weight is 187 g/mol. The largest absolute Gasteiger partial charge is 0.374 e. The molecule has 2 heterocycles. The van der Waals surface area contributed by atoms with Crippen LogP contribution < -0.4 is 5.32 Å². The second-order valence-corrected chi connectivity index (χ2v) is 4.87. The minimum atomic E-state index is 0.259. The molecule has 2 aliphatic heterocycles. The summed E-state index contributed by atoms with van der Waals surface area (Å²) < 4.78 is 5.96. The van der Waals surface area contributed by atoms with E-state index in [9.17, 15) is 0 Å². The van der Waals surface area contributed by atoms with Gasteiger partial charge in [0.1, 0.15) is 0 Å². The number of thioether (sulfide) groups is 1. The molecular weight excluding hydrogens is 170 g/mol. The number of nitrogens with one attached hydrogen (secondary N) is 1. The quantitative estimate of drug-likeness (QED) is 0.617. The first-order chi connectivity index (χ1) is 5.91. The maximum atomic E-state index is 5.96. The average Bonchev–Trinajstić information content (AvgIpc) is 2.33. The highest BCUT2D eigenvalue weighted by Crippen LogP contribution is 2.33. The first kappa shape index (κ1) is 8.85. The van der Waals surface area contributed by atoms with Gasteiger partial charge in [-0.05, 0) is 37.3 Å². The zero-order valence-electron chi connectivity index (χ0n) is 7.47. The van der Waals surface area contributed by atoms with Gasteiger partial charge < -0.3 is 10.1 Å². The Balaban J connectivity index is 1.95. The molecule has 1 spiro atoms. The van der Waals surface area contributed by atoms with Crippen LogP contribution in [0.15, 0.2) is 0 Å². The fraction of sp³-hybridized carbons (Fsp3) is 1.00. The molecule has 3 heteroatoms. The Labute approximate surface area is 78.4 Å². The van der Waals surface area contributed by atoms with E-state index in [-0.39, 0.29) is 5.60 Å². The Hall–Kier alpha value is 0.270. The first-order valence-electron chi connectivity index (χ1n) is 4.84. The maximum Gasteiger partial charge on any atom is 0.0711 e. The molecule has 2 saturated heterocycles. The predicted molar refractivity (Wildman–Crippen MR) is 52.7 cm³/mol. The normalized spacial score (nSPS) is 30.0. The molecule has 70 valence electrons. The van der Waals surface area contributed by atoms with Crippen LogP contribution in [-0.2, 0) is 4.74 Å². The second kappa shape index (κ2) is 3.99. The van der Waals surface area contributed by atoms with Crippen LogP contribution in [-0.4, -0.2) is 36.8 Å². The van der Waals surface area contributed by atoms with Gasteiger partial charge in [0.25, 0.3) is 0 Å². The van der Waals surface area contributed by atoms with Crippen molar-refractivity contribution in [3.05, 3.63) is 0 Å². The summed E-state index contributed by atoms with van der Waals surface area (Å²) in [5.41, 5.74) is 0.259. The topological polar surface area (TPSA) is 21.3 Å². The summed E-state index contributed by atoms with van der Waals surface area (Å²) in [5, 5.41) is 3.39. The molecule has 0 radical (unpaired) electrons. The van der Waals surface area contributed by atoms with Crippen LogP contribution in [0, 0.1) is 0 Å². The summed E-state index contributed by atoms with van der Waals surface area (Å²) in [5.74, 6) is 2.58. The molecule has 0 aromatic heterocycles. The predicted octanol–water partition coefficient (Wildman–Crippen LogP) is 1.26. The Kier molecular flexibility index (Phi) is 2.94. The monoisotopic (exact) mass is 187 g/mol. The SMILES string of the molecule is C1COC2(CCN1)CCSCC2. The standard InChI is InChI=1S/C9H17NOS/c1-4-10-5-6-11-9(1)2-7-12-8-3-9/h10H,1-8H2. The van der Waals surface area contributed by atoms with Gasteiger partial charge in [0.2, 0.25) is 0 Å². The summed E-state index contributed by atoms with van der Waals surface area (Å²) >= 11 is 2.07. The number of hydrogen-bond donors (Lipinski definition) is 1. The van der Waals surface area contributed by atoms with Crippen LogP contribution in [0.25, 0.3) is 0 Å². The summed E-state index contributed by atoms with van der Waals surface area (Å²) in [7, 11) is 0. The fourth-order valence-corrected chi connectivity index (χ4v) is 3.23. The lowest BCUT2D eigenvalue weighted by Crippen LogP contribution is -2.37. The van der Waals surface area contributed by atoms with Crippen molar-refractivity contribution >= 4 is 11.8 Å². The van der Waals surface area contributed by atoms with Gasteiger partial charge in [0, 0.05) is 6.54 Å². The first-order valence-corrected chi connectivity index (χ1v) is 5.99. The third-order valence-electron chi connectivity index (χ3n) is 2.85. The van der Waals surface area contributed by atoms with Gasteiger partial charge in [0.05, 0.1) is 12.2 Å². The molecule has 0 aliphatic carbocycles. The fourth-order valence-electron chi connectivity index (χ4n) is 1.99. The highest BCUT2D eigenvalue weighted by molar-refractivity contribution is 7.99. The molecule has 2 aliphatic rings. The van der Waals surface area contributed by atoms with Crippen molar-refractivity contribution in [3.63, 3.8) is 0 Å². The zero-order valence-corrected chi connectivity index (χ0v) is 8.29. The van der Waals surface area contributed by atoms with Crippen molar-refractivity contribution in [2.45, 2.75) is 24.9 Å². The lowest BCUT2D eigenvalue weighted by Gasteiger charge is -2.35. The number of rotatable bonds is 0. The van der Waals surface area contributed by atoms with Crippen LogP contribution in [0.4, 0.5) is 0 Å². The molecule has 1 N–H and O–H groups in total. The molecule has 0 bridgehead atoms. The summed E-state index contributed by atoms with van der Waals surface area (Å²) in [6.45, 7) is 3.09. The second-order valence-electron chi connectivity index (χ2n) is 3.64. The van der Waals surface area contributed by atoms with Crippen LogP contribution in [0.3, 0.4) is 0 Å². The van der Waals surface area contributed by atoms with E-state index in [4.69, 9.17) is 4.74 Å². The Morgan fingerprint density at radius 1 is 1.08 bits per heavy atom. The highest BCUT2D eigenvalue weighted by Gasteiger charge is 2.33. The van der Waals surface area contributed by atoms with E-state index in [0.717, 1.165) is 19.7 Å².